The molecule has 0 bridgehead atoms. The van der Waals surface area contributed by atoms with E-state index in [1.54, 1.807) is 12.1 Å². The summed E-state index contributed by atoms with van der Waals surface area (Å²) < 4.78 is 0. The van der Waals surface area contributed by atoms with Gasteiger partial charge in [-0.05, 0) is 43.9 Å². The normalized spacial score (nSPS) is 22.9. The van der Waals surface area contributed by atoms with E-state index in [9.17, 15) is 10.1 Å². The number of benzene rings is 1. The molecule has 1 fully saturated rings. The summed E-state index contributed by atoms with van der Waals surface area (Å²) in [6, 6.07) is 7.30. The summed E-state index contributed by atoms with van der Waals surface area (Å²) >= 11 is 0. The zero-order valence-corrected chi connectivity index (χ0v) is 11.3. The number of carbonyl (C=O) groups is 1. The van der Waals surface area contributed by atoms with Gasteiger partial charge in [-0.25, -0.2) is 4.79 Å². The van der Waals surface area contributed by atoms with E-state index in [1.165, 1.54) is 12.5 Å². The fourth-order valence-corrected chi connectivity index (χ4v) is 2.63. The van der Waals surface area contributed by atoms with Crippen molar-refractivity contribution in [2.45, 2.75) is 32.7 Å². The number of aromatic carboxylic acids is 1. The standard InChI is InChI=1S/C15H18N2O2/c1-10-3-4-11(2)17(9-10)14-6-5-12(15(18)19)7-13(14)8-16/h5-7,10-11H,3-4,9H2,1-2H3,(H,18,19). The number of anilines is 1. The third-order valence-corrected chi connectivity index (χ3v) is 3.79. The molecule has 0 aromatic heterocycles. The molecule has 1 N–H and O–H groups in total. The second kappa shape index (κ2) is 5.31. The van der Waals surface area contributed by atoms with E-state index in [4.69, 9.17) is 5.11 Å². The molecule has 1 aromatic rings. The number of nitriles is 1. The van der Waals surface area contributed by atoms with Gasteiger partial charge in [-0.3, -0.25) is 0 Å². The molecule has 4 nitrogen and oxygen atoms in total. The van der Waals surface area contributed by atoms with Crippen molar-refractivity contribution >= 4 is 11.7 Å². The molecule has 100 valence electrons. The molecule has 1 heterocycles. The summed E-state index contributed by atoms with van der Waals surface area (Å²) in [6.45, 7) is 5.27. The Morgan fingerprint density at radius 1 is 1.42 bits per heavy atom. The Kier molecular flexibility index (Phi) is 3.75. The van der Waals surface area contributed by atoms with Crippen molar-refractivity contribution in [1.29, 1.82) is 5.26 Å². The predicted octanol–water partition coefficient (Wildman–Crippen LogP) is 2.88. The molecule has 1 aromatic carbocycles. The highest BCUT2D eigenvalue weighted by molar-refractivity contribution is 5.89. The molecule has 1 aliphatic heterocycles. The highest BCUT2D eigenvalue weighted by Gasteiger charge is 2.25. The Morgan fingerprint density at radius 2 is 2.16 bits per heavy atom. The van der Waals surface area contributed by atoms with Gasteiger partial charge in [0, 0.05) is 12.6 Å². The zero-order chi connectivity index (χ0) is 14.0. The highest BCUT2D eigenvalue weighted by Crippen LogP contribution is 2.30. The van der Waals surface area contributed by atoms with Gasteiger partial charge in [0.2, 0.25) is 0 Å². The summed E-state index contributed by atoms with van der Waals surface area (Å²) in [5.41, 5.74) is 1.46. The molecule has 2 rings (SSSR count). The molecule has 0 spiro atoms. The van der Waals surface area contributed by atoms with Gasteiger partial charge < -0.3 is 10.0 Å². The van der Waals surface area contributed by atoms with E-state index in [2.05, 4.69) is 24.8 Å². The van der Waals surface area contributed by atoms with Crippen LogP contribution in [0.25, 0.3) is 0 Å². The molecule has 4 heteroatoms. The van der Waals surface area contributed by atoms with E-state index in [1.807, 2.05) is 0 Å². The Labute approximate surface area is 113 Å². The quantitative estimate of drug-likeness (QED) is 0.885. The lowest BCUT2D eigenvalue weighted by atomic mass is 9.93. The first-order valence-corrected chi connectivity index (χ1v) is 6.57. The number of carboxylic acids is 1. The van der Waals surface area contributed by atoms with Crippen LogP contribution in [0.2, 0.25) is 0 Å². The number of piperidine rings is 1. The van der Waals surface area contributed by atoms with Crippen LogP contribution in [0.5, 0.6) is 0 Å². The molecule has 1 aliphatic rings. The number of rotatable bonds is 2. The Bertz CT molecular complexity index is 533. The number of carboxylic acid groups (broad SMARTS) is 1. The van der Waals surface area contributed by atoms with Gasteiger partial charge in [-0.2, -0.15) is 5.26 Å². The first kappa shape index (κ1) is 13.4. The smallest absolute Gasteiger partial charge is 0.335 e. The lowest BCUT2D eigenvalue weighted by molar-refractivity contribution is 0.0697. The highest BCUT2D eigenvalue weighted by atomic mass is 16.4. The molecule has 19 heavy (non-hydrogen) atoms. The van der Waals surface area contributed by atoms with E-state index < -0.39 is 5.97 Å². The lowest BCUT2D eigenvalue weighted by Crippen LogP contribution is -2.41. The molecule has 0 saturated carbocycles. The van der Waals surface area contributed by atoms with Crippen LogP contribution in [0.3, 0.4) is 0 Å². The van der Waals surface area contributed by atoms with Gasteiger partial charge in [0.25, 0.3) is 0 Å². The maximum Gasteiger partial charge on any atom is 0.335 e. The fourth-order valence-electron chi connectivity index (χ4n) is 2.63. The third-order valence-electron chi connectivity index (χ3n) is 3.79. The average Bonchev–Trinajstić information content (AvgIpc) is 2.40. The van der Waals surface area contributed by atoms with Crippen molar-refractivity contribution in [2.24, 2.45) is 5.92 Å². The van der Waals surface area contributed by atoms with Crippen molar-refractivity contribution in [3.8, 4) is 6.07 Å². The molecule has 0 aliphatic carbocycles. The van der Waals surface area contributed by atoms with Crippen LogP contribution in [-0.2, 0) is 0 Å². The zero-order valence-electron chi connectivity index (χ0n) is 11.3. The van der Waals surface area contributed by atoms with Crippen molar-refractivity contribution in [3.63, 3.8) is 0 Å². The van der Waals surface area contributed by atoms with Gasteiger partial charge in [-0.1, -0.05) is 6.92 Å². The minimum Gasteiger partial charge on any atom is -0.478 e. The van der Waals surface area contributed by atoms with Crippen LogP contribution in [0, 0.1) is 17.2 Å². The van der Waals surface area contributed by atoms with Crippen molar-refractivity contribution in [3.05, 3.63) is 29.3 Å². The SMILES string of the molecule is CC1CCC(C)N(c2ccc(C(=O)O)cc2C#N)C1. The van der Waals surface area contributed by atoms with E-state index >= 15 is 0 Å². The predicted molar refractivity (Wildman–Crippen MR) is 73.3 cm³/mol. The van der Waals surface area contributed by atoms with Crippen molar-refractivity contribution < 1.29 is 9.90 Å². The number of hydrogen-bond acceptors (Lipinski definition) is 3. The second-order valence-corrected chi connectivity index (χ2v) is 5.33. The summed E-state index contributed by atoms with van der Waals surface area (Å²) in [7, 11) is 0. The summed E-state index contributed by atoms with van der Waals surface area (Å²) in [4.78, 5) is 13.2. The van der Waals surface area contributed by atoms with Gasteiger partial charge in [0.1, 0.15) is 6.07 Å². The molecule has 2 unspecified atom stereocenters. The van der Waals surface area contributed by atoms with E-state index in [0.717, 1.165) is 18.7 Å². The average molecular weight is 258 g/mol. The van der Waals surface area contributed by atoms with Crippen LogP contribution in [0.1, 0.15) is 42.6 Å². The lowest BCUT2D eigenvalue weighted by Gasteiger charge is -2.39. The number of nitrogens with zero attached hydrogens (tertiary/aromatic N) is 2. The largest absolute Gasteiger partial charge is 0.478 e. The van der Waals surface area contributed by atoms with Gasteiger partial charge in [0.15, 0.2) is 0 Å². The monoisotopic (exact) mass is 258 g/mol. The Morgan fingerprint density at radius 3 is 2.79 bits per heavy atom. The summed E-state index contributed by atoms with van der Waals surface area (Å²) in [6.07, 6.45) is 2.31. The van der Waals surface area contributed by atoms with Crippen molar-refractivity contribution in [1.82, 2.24) is 0 Å². The molecular weight excluding hydrogens is 240 g/mol. The van der Waals surface area contributed by atoms with Crippen LogP contribution in [0.15, 0.2) is 18.2 Å². The van der Waals surface area contributed by atoms with Crippen LogP contribution < -0.4 is 4.90 Å². The summed E-state index contributed by atoms with van der Waals surface area (Å²) in [5, 5.41) is 18.2. The van der Waals surface area contributed by atoms with Gasteiger partial charge in [0.05, 0.1) is 16.8 Å². The van der Waals surface area contributed by atoms with Gasteiger partial charge >= 0.3 is 5.97 Å². The molecule has 0 amide bonds. The third kappa shape index (κ3) is 2.70. The molecular formula is C15H18N2O2. The summed E-state index contributed by atoms with van der Waals surface area (Å²) in [5.74, 6) is -0.398. The fraction of sp³-hybridized carbons (Fsp3) is 0.467. The Hall–Kier alpha value is -2.02. The molecule has 2 atom stereocenters. The maximum atomic E-state index is 11.0. The van der Waals surface area contributed by atoms with E-state index in [0.29, 0.717) is 17.5 Å². The van der Waals surface area contributed by atoms with Crippen LogP contribution in [-0.4, -0.2) is 23.7 Å². The first-order chi connectivity index (χ1) is 9.02. The molecule has 0 radical (unpaired) electrons. The number of hydrogen-bond donors (Lipinski definition) is 1. The Balaban J connectivity index is 2.39. The topological polar surface area (TPSA) is 64.3 Å². The van der Waals surface area contributed by atoms with Gasteiger partial charge in [-0.15, -0.1) is 0 Å². The van der Waals surface area contributed by atoms with Crippen LogP contribution in [0.4, 0.5) is 5.69 Å². The van der Waals surface area contributed by atoms with Crippen molar-refractivity contribution in [2.75, 3.05) is 11.4 Å². The minimum absolute atomic E-state index is 0.165. The van der Waals surface area contributed by atoms with Crippen LogP contribution >= 0.6 is 0 Å². The second-order valence-electron chi connectivity index (χ2n) is 5.33. The first-order valence-electron chi connectivity index (χ1n) is 6.57. The molecule has 1 saturated heterocycles. The van der Waals surface area contributed by atoms with E-state index in [-0.39, 0.29) is 5.56 Å². The maximum absolute atomic E-state index is 11.0. The minimum atomic E-state index is -0.997.